The summed E-state index contributed by atoms with van der Waals surface area (Å²) in [7, 11) is 0. The Kier molecular flexibility index (Phi) is 6.58. The van der Waals surface area contributed by atoms with E-state index < -0.39 is 29.2 Å². The van der Waals surface area contributed by atoms with Gasteiger partial charge in [0.1, 0.15) is 0 Å². The van der Waals surface area contributed by atoms with Crippen LogP contribution < -0.4 is 0 Å². The molecule has 8 aromatic rings. The first kappa shape index (κ1) is 28.8. The van der Waals surface area contributed by atoms with Crippen LogP contribution in [0.5, 0.6) is 0 Å². The fourth-order valence-electron chi connectivity index (χ4n) is 6.77. The molecule has 8 aromatic carbocycles. The molecular weight excluding hydrogens is 606 g/mol. The maximum absolute atomic E-state index is 14.8. The van der Waals surface area contributed by atoms with Gasteiger partial charge in [0.15, 0.2) is 17.5 Å². The summed E-state index contributed by atoms with van der Waals surface area (Å²) in [5, 5.41) is 7.08. The molecule has 0 spiro atoms. The van der Waals surface area contributed by atoms with E-state index in [2.05, 4.69) is 30.3 Å². The zero-order valence-corrected chi connectivity index (χ0v) is 24.5. The van der Waals surface area contributed by atoms with E-state index in [9.17, 15) is 26.3 Å². The van der Waals surface area contributed by atoms with Crippen LogP contribution in [0.15, 0.2) is 133 Å². The summed E-state index contributed by atoms with van der Waals surface area (Å²) in [5.74, 6) is -4.20. The van der Waals surface area contributed by atoms with Crippen molar-refractivity contribution in [2.75, 3.05) is 0 Å². The number of benzene rings is 8. The van der Waals surface area contributed by atoms with E-state index >= 15 is 0 Å². The van der Waals surface area contributed by atoms with E-state index in [1.165, 1.54) is 12.1 Å². The fourth-order valence-corrected chi connectivity index (χ4v) is 6.77. The molecule has 47 heavy (non-hydrogen) atoms. The van der Waals surface area contributed by atoms with Crippen molar-refractivity contribution in [3.05, 3.63) is 156 Å². The Bertz CT molecular complexity index is 2500. The van der Waals surface area contributed by atoms with Crippen LogP contribution in [0.2, 0.25) is 0 Å². The van der Waals surface area contributed by atoms with E-state index in [4.69, 9.17) is 0 Å². The van der Waals surface area contributed by atoms with Crippen molar-refractivity contribution in [2.24, 2.45) is 0 Å². The molecule has 0 aliphatic rings. The topological polar surface area (TPSA) is 0 Å². The van der Waals surface area contributed by atoms with E-state index in [-0.39, 0.29) is 5.56 Å². The van der Waals surface area contributed by atoms with Crippen molar-refractivity contribution in [1.29, 1.82) is 0 Å². The molecule has 0 atom stereocenters. The SMILES string of the molecule is Fc1cc(-c2c3ccccc3c(-c3cc4ccccc4c4ccccc34)c3ccc(-c4ccc(C(F)(F)F)cc4)cc23)cc(F)c1F. The van der Waals surface area contributed by atoms with Crippen LogP contribution in [0.1, 0.15) is 5.56 Å². The first-order valence-electron chi connectivity index (χ1n) is 14.9. The molecule has 0 N–H and O–H groups in total. The molecule has 0 aliphatic heterocycles. The molecule has 228 valence electrons. The quantitative estimate of drug-likeness (QED) is 0.0790. The predicted octanol–water partition coefficient (Wildman–Crippen LogP) is 12.7. The van der Waals surface area contributed by atoms with Gasteiger partial charge in [0.05, 0.1) is 5.56 Å². The second-order valence-corrected chi connectivity index (χ2v) is 11.6. The third-order valence-corrected chi connectivity index (χ3v) is 8.88. The Balaban J connectivity index is 1.52. The normalized spacial score (nSPS) is 12.0. The molecule has 8 rings (SSSR count). The third kappa shape index (κ3) is 4.71. The number of alkyl halides is 3. The number of hydrogen-bond acceptors (Lipinski definition) is 0. The highest BCUT2D eigenvalue weighted by Crippen LogP contribution is 2.47. The second-order valence-electron chi connectivity index (χ2n) is 11.6. The van der Waals surface area contributed by atoms with Crippen molar-refractivity contribution in [1.82, 2.24) is 0 Å². The van der Waals surface area contributed by atoms with Gasteiger partial charge >= 0.3 is 6.18 Å². The van der Waals surface area contributed by atoms with E-state index in [0.717, 1.165) is 67.7 Å². The average molecular weight is 629 g/mol. The summed E-state index contributed by atoms with van der Waals surface area (Å²) in [6.45, 7) is 0. The summed E-state index contributed by atoms with van der Waals surface area (Å²) in [5.41, 5.74) is 2.84. The Hall–Kier alpha value is -5.62. The molecule has 0 unspecified atom stereocenters. The van der Waals surface area contributed by atoms with Gasteiger partial charge in [0.2, 0.25) is 0 Å². The summed E-state index contributed by atoms with van der Waals surface area (Å²) in [6.07, 6.45) is -4.48. The first-order chi connectivity index (χ1) is 22.7. The van der Waals surface area contributed by atoms with Crippen LogP contribution in [-0.2, 0) is 6.18 Å². The third-order valence-electron chi connectivity index (χ3n) is 8.88. The fraction of sp³-hybridized carbons (Fsp3) is 0.0244. The summed E-state index contributed by atoms with van der Waals surface area (Å²) < 4.78 is 83.7. The van der Waals surface area contributed by atoms with Gasteiger partial charge in [-0.15, -0.1) is 0 Å². The van der Waals surface area contributed by atoms with Gasteiger partial charge in [0.25, 0.3) is 0 Å². The van der Waals surface area contributed by atoms with E-state index in [1.54, 1.807) is 0 Å². The van der Waals surface area contributed by atoms with Crippen molar-refractivity contribution in [3.63, 3.8) is 0 Å². The molecule has 0 nitrogen and oxygen atoms in total. The highest BCUT2D eigenvalue weighted by Gasteiger charge is 2.30. The minimum atomic E-state index is -4.48. The molecule has 0 saturated heterocycles. The van der Waals surface area contributed by atoms with Gasteiger partial charge in [-0.25, -0.2) is 13.2 Å². The van der Waals surface area contributed by atoms with Crippen molar-refractivity contribution in [2.45, 2.75) is 6.18 Å². The molecule has 6 heteroatoms. The maximum Gasteiger partial charge on any atom is 0.416 e. The molecular formula is C41H22F6. The van der Waals surface area contributed by atoms with Crippen LogP contribution in [0, 0.1) is 17.5 Å². The first-order valence-corrected chi connectivity index (χ1v) is 14.9. The number of fused-ring (bicyclic) bond motifs is 5. The zero-order valence-electron chi connectivity index (χ0n) is 24.5. The van der Waals surface area contributed by atoms with Crippen LogP contribution >= 0.6 is 0 Å². The van der Waals surface area contributed by atoms with Gasteiger partial charge in [-0.3, -0.25) is 0 Å². The largest absolute Gasteiger partial charge is 0.416 e. The van der Waals surface area contributed by atoms with Crippen LogP contribution in [0.3, 0.4) is 0 Å². The number of rotatable bonds is 3. The Morgan fingerprint density at radius 1 is 0.383 bits per heavy atom. The van der Waals surface area contributed by atoms with Gasteiger partial charge in [-0.1, -0.05) is 97.1 Å². The Labute approximate surface area is 265 Å². The van der Waals surface area contributed by atoms with E-state index in [1.807, 2.05) is 66.7 Å². The highest BCUT2D eigenvalue weighted by atomic mass is 19.4. The molecule has 0 aromatic heterocycles. The summed E-state index contributed by atoms with van der Waals surface area (Å²) in [6, 6.07) is 38.3. The predicted molar refractivity (Wildman–Crippen MR) is 178 cm³/mol. The van der Waals surface area contributed by atoms with Crippen LogP contribution in [0.4, 0.5) is 26.3 Å². The zero-order chi connectivity index (χ0) is 32.4. The average Bonchev–Trinajstić information content (AvgIpc) is 3.08. The van der Waals surface area contributed by atoms with Crippen LogP contribution in [-0.4, -0.2) is 0 Å². The van der Waals surface area contributed by atoms with Gasteiger partial charge in [-0.05, 0) is 113 Å². The molecule has 0 bridgehead atoms. The lowest BCUT2D eigenvalue weighted by atomic mass is 9.83. The standard InChI is InChI=1S/C41H22F6/c42-36-21-26(22-37(43)40(36)44)38-31-11-5-6-12-32(31)39(34-20-25-7-1-2-8-28(25)29-9-3-4-10-30(29)34)33-18-15-24(19-35(33)38)23-13-16-27(17-14-23)41(45,46)47/h1-22H. The molecule has 0 fully saturated rings. The number of halogens is 6. The monoisotopic (exact) mass is 628 g/mol. The molecule has 0 radical (unpaired) electrons. The van der Waals surface area contributed by atoms with Gasteiger partial charge in [-0.2, -0.15) is 13.2 Å². The second kappa shape index (κ2) is 10.7. The molecule has 0 aliphatic carbocycles. The minimum Gasteiger partial charge on any atom is -0.204 e. The highest BCUT2D eigenvalue weighted by molar-refractivity contribution is 6.26. The maximum atomic E-state index is 14.8. The van der Waals surface area contributed by atoms with Crippen LogP contribution in [0.25, 0.3) is 76.5 Å². The lowest BCUT2D eigenvalue weighted by molar-refractivity contribution is -0.137. The smallest absolute Gasteiger partial charge is 0.204 e. The van der Waals surface area contributed by atoms with E-state index in [0.29, 0.717) is 27.5 Å². The molecule has 0 saturated carbocycles. The Morgan fingerprint density at radius 2 is 0.915 bits per heavy atom. The van der Waals surface area contributed by atoms with Gasteiger partial charge < -0.3 is 0 Å². The Morgan fingerprint density at radius 3 is 1.57 bits per heavy atom. The number of hydrogen-bond donors (Lipinski definition) is 0. The van der Waals surface area contributed by atoms with Crippen molar-refractivity contribution >= 4 is 43.1 Å². The summed E-state index contributed by atoms with van der Waals surface area (Å²) >= 11 is 0. The lowest BCUT2D eigenvalue weighted by Gasteiger charge is -2.20. The molecule has 0 heterocycles. The lowest BCUT2D eigenvalue weighted by Crippen LogP contribution is -2.03. The summed E-state index contributed by atoms with van der Waals surface area (Å²) in [4.78, 5) is 0. The molecule has 0 amide bonds. The minimum absolute atomic E-state index is 0.141. The van der Waals surface area contributed by atoms with Crippen molar-refractivity contribution in [3.8, 4) is 33.4 Å². The van der Waals surface area contributed by atoms with Gasteiger partial charge in [0, 0.05) is 0 Å². The van der Waals surface area contributed by atoms with Crippen molar-refractivity contribution < 1.29 is 26.3 Å².